The van der Waals surface area contributed by atoms with Gasteiger partial charge < -0.3 is 10.1 Å². The summed E-state index contributed by atoms with van der Waals surface area (Å²) in [6, 6.07) is 12.9. The Morgan fingerprint density at radius 2 is 1.97 bits per heavy atom. The van der Waals surface area contributed by atoms with Gasteiger partial charge in [0.2, 0.25) is 4.96 Å². The van der Waals surface area contributed by atoms with E-state index >= 15 is 0 Å². The maximum absolute atomic E-state index is 12.7. The summed E-state index contributed by atoms with van der Waals surface area (Å²) in [6.45, 7) is 8.57. The molecule has 1 amide bonds. The van der Waals surface area contributed by atoms with E-state index in [1.165, 1.54) is 11.3 Å². The van der Waals surface area contributed by atoms with Crippen molar-refractivity contribution in [1.29, 1.82) is 0 Å². The van der Waals surface area contributed by atoms with Gasteiger partial charge in [-0.2, -0.15) is 9.61 Å². The fraction of sp³-hybridized carbons (Fsp3) is 0.261. The van der Waals surface area contributed by atoms with E-state index in [0.717, 1.165) is 32.6 Å². The van der Waals surface area contributed by atoms with E-state index in [9.17, 15) is 4.79 Å². The van der Waals surface area contributed by atoms with Gasteiger partial charge in [-0.15, -0.1) is 10.2 Å². The summed E-state index contributed by atoms with van der Waals surface area (Å²) in [6.07, 6.45) is 0. The highest BCUT2D eigenvalue weighted by Gasteiger charge is 2.15. The Balaban J connectivity index is 1.46. The number of thiocarbonyl (C=S) groups is 1. The number of nitrogens with zero attached hydrogens (tertiary/aromatic N) is 4. The van der Waals surface area contributed by atoms with Crippen molar-refractivity contribution in [1.82, 2.24) is 25.1 Å². The molecule has 10 heteroatoms. The Labute approximate surface area is 201 Å². The monoisotopic (exact) mass is 480 g/mol. The van der Waals surface area contributed by atoms with E-state index in [1.54, 1.807) is 22.7 Å². The number of hydrogen-bond donors (Lipinski definition) is 2. The summed E-state index contributed by atoms with van der Waals surface area (Å²) in [7, 11) is 0. The molecule has 4 rings (SSSR count). The van der Waals surface area contributed by atoms with Crippen molar-refractivity contribution in [3.63, 3.8) is 0 Å². The van der Waals surface area contributed by atoms with Crippen molar-refractivity contribution in [3.05, 3.63) is 59.4 Å². The van der Waals surface area contributed by atoms with Crippen molar-refractivity contribution >= 4 is 45.2 Å². The molecule has 0 saturated heterocycles. The van der Waals surface area contributed by atoms with Gasteiger partial charge in [0.25, 0.3) is 5.91 Å². The molecule has 33 heavy (non-hydrogen) atoms. The number of rotatable bonds is 6. The average Bonchev–Trinajstić information content (AvgIpc) is 3.36. The second kappa shape index (κ2) is 9.63. The largest absolute Gasteiger partial charge is 0.493 e. The second-order valence-electron chi connectivity index (χ2n) is 7.97. The lowest BCUT2D eigenvalue weighted by atomic mass is 10.1. The standard InChI is InChI=1S/C23H24N6O2S2/c1-13(2)12-31-17-8-5-7-16(11-17)20(30)25-22(32)24-19-10-6-9-18(14(19)3)21-28-29-15(4)26-27-23(29)33-21/h5-11,13H,12H2,1-4H3,(H2,24,25,30,32). The van der Waals surface area contributed by atoms with Crippen LogP contribution in [0.5, 0.6) is 5.75 Å². The first-order chi connectivity index (χ1) is 15.8. The van der Waals surface area contributed by atoms with E-state index in [4.69, 9.17) is 17.0 Å². The molecule has 0 aliphatic carbocycles. The van der Waals surface area contributed by atoms with E-state index < -0.39 is 0 Å². The Morgan fingerprint density at radius 1 is 1.18 bits per heavy atom. The van der Waals surface area contributed by atoms with Crippen LogP contribution in [0.2, 0.25) is 0 Å². The minimum Gasteiger partial charge on any atom is -0.493 e. The molecule has 4 aromatic rings. The molecule has 2 heterocycles. The molecule has 0 atom stereocenters. The molecule has 2 N–H and O–H groups in total. The maximum Gasteiger partial charge on any atom is 0.257 e. The van der Waals surface area contributed by atoms with Crippen LogP contribution in [0.1, 0.15) is 35.6 Å². The molecule has 0 aliphatic heterocycles. The SMILES string of the molecule is Cc1c(NC(=S)NC(=O)c2cccc(OCC(C)C)c2)cccc1-c1nn2c(C)nnc2s1. The lowest BCUT2D eigenvalue weighted by Crippen LogP contribution is -2.34. The number of benzene rings is 2. The summed E-state index contributed by atoms with van der Waals surface area (Å²) in [5.74, 6) is 1.48. The summed E-state index contributed by atoms with van der Waals surface area (Å²) in [5.41, 5.74) is 3.18. The van der Waals surface area contributed by atoms with Gasteiger partial charge in [0.05, 0.1) is 6.61 Å². The fourth-order valence-corrected chi connectivity index (χ4v) is 4.32. The van der Waals surface area contributed by atoms with Gasteiger partial charge in [-0.3, -0.25) is 10.1 Å². The lowest BCUT2D eigenvalue weighted by molar-refractivity contribution is 0.0977. The first-order valence-electron chi connectivity index (χ1n) is 10.5. The minimum absolute atomic E-state index is 0.211. The molecule has 0 unspecified atom stereocenters. The molecular formula is C23H24N6O2S2. The summed E-state index contributed by atoms with van der Waals surface area (Å²) >= 11 is 6.86. The van der Waals surface area contributed by atoms with Crippen molar-refractivity contribution in [3.8, 4) is 16.3 Å². The highest BCUT2D eigenvalue weighted by atomic mass is 32.1. The number of fused-ring (bicyclic) bond motifs is 1. The predicted octanol–water partition coefficient (Wildman–Crippen LogP) is 4.63. The highest BCUT2D eigenvalue weighted by Crippen LogP contribution is 2.31. The number of amides is 1. The zero-order valence-corrected chi connectivity index (χ0v) is 20.4. The van der Waals surface area contributed by atoms with E-state index in [0.29, 0.717) is 23.8 Å². The molecule has 0 saturated carbocycles. The molecule has 0 fully saturated rings. The minimum atomic E-state index is -0.305. The maximum atomic E-state index is 12.7. The molecule has 0 spiro atoms. The molecule has 0 bridgehead atoms. The van der Waals surface area contributed by atoms with Crippen LogP contribution >= 0.6 is 23.6 Å². The van der Waals surface area contributed by atoms with Gasteiger partial charge >= 0.3 is 0 Å². The van der Waals surface area contributed by atoms with Crippen LogP contribution in [0.4, 0.5) is 5.69 Å². The number of carbonyl (C=O) groups is 1. The van der Waals surface area contributed by atoms with Crippen LogP contribution in [0.3, 0.4) is 0 Å². The van der Waals surface area contributed by atoms with Crippen molar-refractivity contribution < 1.29 is 9.53 Å². The summed E-state index contributed by atoms with van der Waals surface area (Å²) < 4.78 is 7.44. The van der Waals surface area contributed by atoms with Gasteiger partial charge in [0, 0.05) is 16.8 Å². The number of ether oxygens (including phenoxy) is 1. The van der Waals surface area contributed by atoms with Crippen molar-refractivity contribution in [2.24, 2.45) is 5.92 Å². The quantitative estimate of drug-likeness (QED) is 0.389. The third kappa shape index (κ3) is 5.18. The van der Waals surface area contributed by atoms with E-state index in [1.807, 2.05) is 38.1 Å². The Bertz CT molecular complexity index is 1330. The number of anilines is 1. The number of nitrogens with one attached hydrogen (secondary N) is 2. The number of hydrogen-bond acceptors (Lipinski definition) is 7. The molecule has 2 aromatic heterocycles. The third-order valence-corrected chi connectivity index (χ3v) is 6.00. The Kier molecular flexibility index (Phi) is 6.66. The average molecular weight is 481 g/mol. The normalized spacial score (nSPS) is 11.1. The van der Waals surface area contributed by atoms with Gasteiger partial charge in [0.1, 0.15) is 10.8 Å². The zero-order chi connectivity index (χ0) is 23.5. The first kappa shape index (κ1) is 22.8. The predicted molar refractivity (Wildman–Crippen MR) is 134 cm³/mol. The van der Waals surface area contributed by atoms with Gasteiger partial charge in [-0.1, -0.05) is 43.4 Å². The van der Waals surface area contributed by atoms with Crippen LogP contribution in [0.15, 0.2) is 42.5 Å². The van der Waals surface area contributed by atoms with Crippen LogP contribution in [-0.2, 0) is 0 Å². The smallest absolute Gasteiger partial charge is 0.257 e. The number of carbonyl (C=O) groups excluding carboxylic acids is 1. The van der Waals surface area contributed by atoms with Crippen molar-refractivity contribution in [2.45, 2.75) is 27.7 Å². The number of aromatic nitrogens is 4. The van der Waals surface area contributed by atoms with Crippen molar-refractivity contribution in [2.75, 3.05) is 11.9 Å². The van der Waals surface area contributed by atoms with Gasteiger partial charge in [-0.05, 0) is 61.8 Å². The second-order valence-corrected chi connectivity index (χ2v) is 9.33. The van der Waals surface area contributed by atoms with Gasteiger partial charge in [0.15, 0.2) is 10.9 Å². The van der Waals surface area contributed by atoms with E-state index in [-0.39, 0.29) is 11.0 Å². The molecule has 8 nitrogen and oxygen atoms in total. The molecular weight excluding hydrogens is 456 g/mol. The van der Waals surface area contributed by atoms with Crippen LogP contribution in [0.25, 0.3) is 15.5 Å². The molecule has 170 valence electrons. The highest BCUT2D eigenvalue weighted by molar-refractivity contribution is 7.80. The topological polar surface area (TPSA) is 93.4 Å². The lowest BCUT2D eigenvalue weighted by Gasteiger charge is -2.14. The molecule has 2 aromatic carbocycles. The van der Waals surface area contributed by atoms with E-state index in [2.05, 4.69) is 39.8 Å². The van der Waals surface area contributed by atoms with Crippen LogP contribution < -0.4 is 15.4 Å². The Hall–Kier alpha value is -3.37. The zero-order valence-electron chi connectivity index (χ0n) is 18.7. The fourth-order valence-electron chi connectivity index (χ4n) is 3.15. The summed E-state index contributed by atoms with van der Waals surface area (Å²) in [4.78, 5) is 13.4. The molecule has 0 aliphatic rings. The van der Waals surface area contributed by atoms with Crippen LogP contribution in [-0.4, -0.2) is 37.4 Å². The Morgan fingerprint density at radius 3 is 2.73 bits per heavy atom. The first-order valence-corrected chi connectivity index (χ1v) is 11.7. The third-order valence-electron chi connectivity index (χ3n) is 4.87. The number of aryl methyl sites for hydroxylation is 1. The molecule has 0 radical (unpaired) electrons. The van der Waals surface area contributed by atoms with Crippen LogP contribution in [0, 0.1) is 19.8 Å². The summed E-state index contributed by atoms with van der Waals surface area (Å²) in [5, 5.41) is 19.7. The van der Waals surface area contributed by atoms with Gasteiger partial charge in [-0.25, -0.2) is 0 Å².